The molecule has 0 fully saturated rings. The summed E-state index contributed by atoms with van der Waals surface area (Å²) in [7, 11) is 0. The van der Waals surface area contributed by atoms with E-state index in [0.29, 0.717) is 0 Å². The van der Waals surface area contributed by atoms with E-state index in [-0.39, 0.29) is 11.6 Å². The van der Waals surface area contributed by atoms with Gasteiger partial charge in [0.25, 0.3) is 0 Å². The Morgan fingerprint density at radius 3 is 2.58 bits per heavy atom. The van der Waals surface area contributed by atoms with E-state index in [9.17, 15) is 9.59 Å². The molecule has 0 aliphatic rings. The lowest BCUT2D eigenvalue weighted by atomic mass is 10.4. The number of hydrogen-bond donors (Lipinski definition) is 1. The first-order valence-electron chi connectivity index (χ1n) is 3.09. The van der Waals surface area contributed by atoms with Crippen molar-refractivity contribution in [1.29, 1.82) is 0 Å². The van der Waals surface area contributed by atoms with E-state index in [1.54, 1.807) is 6.26 Å². The summed E-state index contributed by atoms with van der Waals surface area (Å²) in [5.74, 6) is -1.95. The maximum atomic E-state index is 10.6. The van der Waals surface area contributed by atoms with E-state index in [0.717, 1.165) is 0 Å². The molecule has 0 aromatic heterocycles. The molecule has 0 heterocycles. The van der Waals surface area contributed by atoms with Gasteiger partial charge in [0.05, 0.1) is 0 Å². The summed E-state index contributed by atoms with van der Waals surface area (Å²) < 4.78 is 4.51. The van der Waals surface area contributed by atoms with Crippen LogP contribution in [0.4, 0.5) is 0 Å². The first kappa shape index (κ1) is 11.6. The molecule has 0 aromatic rings. The topological polar surface area (TPSA) is 63.6 Å². The average Bonchev–Trinajstić information content (AvgIpc) is 2.03. The van der Waals surface area contributed by atoms with Crippen molar-refractivity contribution < 1.29 is 19.4 Å². The van der Waals surface area contributed by atoms with Crippen molar-refractivity contribution >= 4 is 35.3 Å². The van der Waals surface area contributed by atoms with Crippen LogP contribution in [0.25, 0.3) is 0 Å². The van der Waals surface area contributed by atoms with Gasteiger partial charge in [0.15, 0.2) is 0 Å². The van der Waals surface area contributed by atoms with Crippen molar-refractivity contribution in [2.45, 2.75) is 6.10 Å². The van der Waals surface area contributed by atoms with Gasteiger partial charge in [-0.25, -0.2) is 4.79 Å². The molecule has 1 N–H and O–H groups in total. The van der Waals surface area contributed by atoms with E-state index in [1.165, 1.54) is 11.8 Å². The molecule has 6 heteroatoms. The molecule has 0 bridgehead atoms. The summed E-state index contributed by atoms with van der Waals surface area (Å²) in [6.07, 6.45) is 0.635. The number of carbonyl (C=O) groups is 2. The number of alkyl halides is 1. The normalized spacial score (nSPS) is 12.2. The zero-order chi connectivity index (χ0) is 9.56. The molecule has 0 saturated carbocycles. The lowest BCUT2D eigenvalue weighted by Gasteiger charge is -2.10. The molecule has 0 aliphatic carbocycles. The summed E-state index contributed by atoms with van der Waals surface area (Å²) in [6, 6.07) is 0. The second-order valence-electron chi connectivity index (χ2n) is 1.91. The number of aliphatic carboxylic acids is 1. The van der Waals surface area contributed by atoms with Crippen LogP contribution in [0.5, 0.6) is 0 Å². The minimum Gasteiger partial charge on any atom is -0.478 e. The summed E-state index contributed by atoms with van der Waals surface area (Å²) in [6.45, 7) is 0. The van der Waals surface area contributed by atoms with Crippen LogP contribution in [-0.4, -0.2) is 41.0 Å². The minimum absolute atomic E-state index is 0.234. The number of carboxylic acids is 1. The predicted octanol–water partition coefficient (Wildman–Crippen LogP) is 0.585. The molecule has 12 heavy (non-hydrogen) atoms. The number of esters is 1. The van der Waals surface area contributed by atoms with Crippen LogP contribution in [0.2, 0.25) is 0 Å². The SMILES string of the molecule is CSCC(OC(=O)CCl)C(=O)O. The standard InChI is InChI=1S/C6H9ClO4S/c1-12-3-4(6(9)10)11-5(8)2-7/h4H,2-3H2,1H3,(H,9,10). The van der Waals surface area contributed by atoms with Crippen LogP contribution >= 0.6 is 23.4 Å². The third-order valence-electron chi connectivity index (χ3n) is 0.976. The van der Waals surface area contributed by atoms with Crippen LogP contribution in [-0.2, 0) is 14.3 Å². The Morgan fingerprint density at radius 1 is 1.67 bits per heavy atom. The van der Waals surface area contributed by atoms with Crippen LogP contribution in [0, 0.1) is 0 Å². The first-order chi connectivity index (χ1) is 5.61. The van der Waals surface area contributed by atoms with E-state index >= 15 is 0 Å². The fourth-order valence-corrected chi connectivity index (χ4v) is 1.07. The number of hydrogen-bond acceptors (Lipinski definition) is 4. The monoisotopic (exact) mass is 212 g/mol. The summed E-state index contributed by atoms with van der Waals surface area (Å²) in [5.41, 5.74) is 0. The zero-order valence-corrected chi connectivity index (χ0v) is 8.02. The third kappa shape index (κ3) is 4.46. The average molecular weight is 213 g/mol. The Labute approximate surface area is 79.2 Å². The van der Waals surface area contributed by atoms with E-state index in [2.05, 4.69) is 4.74 Å². The summed E-state index contributed by atoms with van der Waals surface area (Å²) in [5, 5.41) is 8.52. The van der Waals surface area contributed by atoms with Crippen molar-refractivity contribution in [3.05, 3.63) is 0 Å². The quantitative estimate of drug-likeness (QED) is 0.534. The van der Waals surface area contributed by atoms with Crippen LogP contribution in [0.3, 0.4) is 0 Å². The Hall–Kier alpha value is -0.420. The van der Waals surface area contributed by atoms with E-state index in [1.807, 2.05) is 0 Å². The van der Waals surface area contributed by atoms with Crippen LogP contribution in [0.15, 0.2) is 0 Å². The Bertz CT molecular complexity index is 171. The maximum Gasteiger partial charge on any atom is 0.345 e. The molecule has 1 atom stereocenters. The minimum atomic E-state index is -1.15. The second kappa shape index (κ2) is 6.14. The maximum absolute atomic E-state index is 10.6. The molecule has 4 nitrogen and oxygen atoms in total. The van der Waals surface area contributed by atoms with Crippen molar-refractivity contribution in [2.24, 2.45) is 0 Å². The molecule has 0 spiro atoms. The fraction of sp³-hybridized carbons (Fsp3) is 0.667. The van der Waals surface area contributed by atoms with Gasteiger partial charge in [0.2, 0.25) is 6.10 Å². The van der Waals surface area contributed by atoms with Gasteiger partial charge >= 0.3 is 11.9 Å². The van der Waals surface area contributed by atoms with Crippen molar-refractivity contribution in [3.63, 3.8) is 0 Å². The Balaban J connectivity index is 3.95. The van der Waals surface area contributed by atoms with E-state index in [4.69, 9.17) is 16.7 Å². The van der Waals surface area contributed by atoms with Gasteiger partial charge in [-0.2, -0.15) is 11.8 Å². The van der Waals surface area contributed by atoms with Gasteiger partial charge in [-0.05, 0) is 6.26 Å². The first-order valence-corrected chi connectivity index (χ1v) is 5.01. The highest BCUT2D eigenvalue weighted by Gasteiger charge is 2.20. The van der Waals surface area contributed by atoms with Gasteiger partial charge in [0.1, 0.15) is 5.88 Å². The second-order valence-corrected chi connectivity index (χ2v) is 3.08. The number of ether oxygens (including phenoxy) is 1. The number of halogens is 1. The summed E-state index contributed by atoms with van der Waals surface area (Å²) >= 11 is 6.42. The molecule has 0 aromatic carbocycles. The van der Waals surface area contributed by atoms with Gasteiger partial charge in [0, 0.05) is 5.75 Å². The molecule has 0 saturated heterocycles. The summed E-state index contributed by atoms with van der Waals surface area (Å²) in [4.78, 5) is 21.0. The van der Waals surface area contributed by atoms with Crippen LogP contribution in [0.1, 0.15) is 0 Å². The number of carbonyl (C=O) groups excluding carboxylic acids is 1. The molecular formula is C6H9ClO4S. The molecule has 0 aliphatic heterocycles. The molecule has 1 unspecified atom stereocenters. The van der Waals surface area contributed by atoms with Crippen LogP contribution < -0.4 is 0 Å². The molecular weight excluding hydrogens is 204 g/mol. The lowest BCUT2D eigenvalue weighted by molar-refractivity contribution is -0.160. The fourth-order valence-electron chi connectivity index (χ4n) is 0.497. The zero-order valence-electron chi connectivity index (χ0n) is 6.45. The Kier molecular flexibility index (Phi) is 5.92. The number of thioether (sulfide) groups is 1. The predicted molar refractivity (Wildman–Crippen MR) is 46.6 cm³/mol. The largest absolute Gasteiger partial charge is 0.478 e. The Morgan fingerprint density at radius 2 is 2.25 bits per heavy atom. The third-order valence-corrected chi connectivity index (χ3v) is 1.83. The number of carboxylic acid groups (broad SMARTS) is 1. The van der Waals surface area contributed by atoms with Gasteiger partial charge in [-0.3, -0.25) is 4.79 Å². The van der Waals surface area contributed by atoms with Crippen molar-refractivity contribution in [3.8, 4) is 0 Å². The van der Waals surface area contributed by atoms with E-state index < -0.39 is 18.0 Å². The number of rotatable bonds is 5. The highest BCUT2D eigenvalue weighted by atomic mass is 35.5. The van der Waals surface area contributed by atoms with Crippen molar-refractivity contribution in [1.82, 2.24) is 0 Å². The highest BCUT2D eigenvalue weighted by Crippen LogP contribution is 2.03. The molecule has 70 valence electrons. The van der Waals surface area contributed by atoms with Gasteiger partial charge in [-0.1, -0.05) is 0 Å². The van der Waals surface area contributed by atoms with Gasteiger partial charge in [-0.15, -0.1) is 11.6 Å². The highest BCUT2D eigenvalue weighted by molar-refractivity contribution is 7.98. The smallest absolute Gasteiger partial charge is 0.345 e. The lowest BCUT2D eigenvalue weighted by Crippen LogP contribution is -2.29. The van der Waals surface area contributed by atoms with Crippen molar-refractivity contribution in [2.75, 3.05) is 17.9 Å². The molecule has 0 rings (SSSR count). The van der Waals surface area contributed by atoms with Gasteiger partial charge < -0.3 is 9.84 Å². The molecule has 0 amide bonds. The molecule has 0 radical (unpaired) electrons.